The van der Waals surface area contributed by atoms with Crippen molar-refractivity contribution in [3.05, 3.63) is 0 Å². The summed E-state index contributed by atoms with van der Waals surface area (Å²) < 4.78 is 0. The van der Waals surface area contributed by atoms with Gasteiger partial charge in [0, 0.05) is 25.9 Å². The van der Waals surface area contributed by atoms with Crippen LogP contribution >= 0.6 is 0 Å². The maximum Gasteiger partial charge on any atom is 0.220 e. The fraction of sp³-hybridized carbons (Fsp3) is 0.846. The first-order valence-corrected chi connectivity index (χ1v) is 6.65. The summed E-state index contributed by atoms with van der Waals surface area (Å²) in [6.45, 7) is 5.16. The predicted molar refractivity (Wildman–Crippen MR) is 67.5 cm³/mol. The van der Waals surface area contributed by atoms with Gasteiger partial charge in [0.25, 0.3) is 0 Å². The smallest absolute Gasteiger partial charge is 0.220 e. The van der Waals surface area contributed by atoms with E-state index in [2.05, 4.69) is 10.6 Å². The highest BCUT2D eigenvalue weighted by Crippen LogP contribution is 2.43. The molecule has 4 nitrogen and oxygen atoms in total. The van der Waals surface area contributed by atoms with Gasteiger partial charge in [-0.3, -0.25) is 9.59 Å². The Kier molecular flexibility index (Phi) is 5.45. The molecule has 0 aliphatic heterocycles. The van der Waals surface area contributed by atoms with Gasteiger partial charge < -0.3 is 10.6 Å². The van der Waals surface area contributed by atoms with E-state index < -0.39 is 0 Å². The molecule has 0 heterocycles. The second-order valence-corrected chi connectivity index (χ2v) is 4.97. The zero-order valence-electron chi connectivity index (χ0n) is 11.0. The van der Waals surface area contributed by atoms with Crippen molar-refractivity contribution < 1.29 is 9.59 Å². The molecule has 0 bridgehead atoms. The third-order valence-electron chi connectivity index (χ3n) is 3.48. The van der Waals surface area contributed by atoms with Crippen molar-refractivity contribution in [1.82, 2.24) is 10.6 Å². The van der Waals surface area contributed by atoms with Crippen molar-refractivity contribution in [3.8, 4) is 0 Å². The molecule has 1 saturated carbocycles. The molecule has 1 fully saturated rings. The van der Waals surface area contributed by atoms with Gasteiger partial charge in [0.05, 0.1) is 0 Å². The standard InChI is InChI=1S/C13H24N2O2/c1-3-14-11(16)9-13(7-5-6-8-13)10-12(17)15-4-2/h3-10H2,1-2H3,(H,14,16)(H,15,17). The van der Waals surface area contributed by atoms with Crippen molar-refractivity contribution in [2.75, 3.05) is 13.1 Å². The summed E-state index contributed by atoms with van der Waals surface area (Å²) in [5.41, 5.74) is -0.0848. The van der Waals surface area contributed by atoms with Crippen LogP contribution < -0.4 is 10.6 Å². The molecule has 4 heteroatoms. The lowest BCUT2D eigenvalue weighted by atomic mass is 9.79. The van der Waals surface area contributed by atoms with Gasteiger partial charge in [-0.1, -0.05) is 12.8 Å². The zero-order chi connectivity index (χ0) is 12.7. The molecule has 0 radical (unpaired) electrons. The van der Waals surface area contributed by atoms with Crippen LogP contribution in [0.5, 0.6) is 0 Å². The lowest BCUT2D eigenvalue weighted by molar-refractivity contribution is -0.126. The van der Waals surface area contributed by atoms with Gasteiger partial charge in [-0.15, -0.1) is 0 Å². The molecule has 0 spiro atoms. The second-order valence-electron chi connectivity index (χ2n) is 4.97. The maximum absolute atomic E-state index is 11.7. The molecule has 1 rings (SSSR count). The van der Waals surface area contributed by atoms with Gasteiger partial charge >= 0.3 is 0 Å². The quantitative estimate of drug-likeness (QED) is 0.741. The van der Waals surface area contributed by atoms with Crippen LogP contribution in [0, 0.1) is 5.41 Å². The lowest BCUT2D eigenvalue weighted by Crippen LogP contribution is -2.35. The van der Waals surface area contributed by atoms with Gasteiger partial charge in [0.1, 0.15) is 0 Å². The van der Waals surface area contributed by atoms with E-state index in [0.717, 1.165) is 25.7 Å². The highest BCUT2D eigenvalue weighted by Gasteiger charge is 2.37. The summed E-state index contributed by atoms with van der Waals surface area (Å²) in [6.07, 6.45) is 5.27. The summed E-state index contributed by atoms with van der Waals surface area (Å²) in [5.74, 6) is 0.164. The van der Waals surface area contributed by atoms with E-state index in [1.165, 1.54) is 0 Å². The van der Waals surface area contributed by atoms with E-state index in [1.54, 1.807) is 0 Å². The van der Waals surface area contributed by atoms with Crippen LogP contribution in [-0.4, -0.2) is 24.9 Å². The molecule has 2 N–H and O–H groups in total. The molecule has 1 aliphatic carbocycles. The van der Waals surface area contributed by atoms with E-state index in [-0.39, 0.29) is 17.2 Å². The number of carbonyl (C=O) groups excluding carboxylic acids is 2. The lowest BCUT2D eigenvalue weighted by Gasteiger charge is -2.27. The average Bonchev–Trinajstić information content (AvgIpc) is 2.66. The highest BCUT2D eigenvalue weighted by atomic mass is 16.2. The Hall–Kier alpha value is -1.06. The summed E-state index contributed by atoms with van der Waals surface area (Å²) >= 11 is 0. The van der Waals surface area contributed by atoms with Gasteiger partial charge in [0.2, 0.25) is 11.8 Å². The van der Waals surface area contributed by atoms with Crippen molar-refractivity contribution in [1.29, 1.82) is 0 Å². The van der Waals surface area contributed by atoms with Crippen LogP contribution in [0.1, 0.15) is 52.4 Å². The Balaban J connectivity index is 2.56. The SMILES string of the molecule is CCNC(=O)CC1(CC(=O)NCC)CCCC1. The molecule has 0 saturated heterocycles. The van der Waals surface area contributed by atoms with Gasteiger partial charge in [-0.2, -0.15) is 0 Å². The van der Waals surface area contributed by atoms with Crippen LogP contribution in [-0.2, 0) is 9.59 Å². The Morgan fingerprint density at radius 2 is 1.35 bits per heavy atom. The molecule has 17 heavy (non-hydrogen) atoms. The summed E-state index contributed by atoms with van der Waals surface area (Å²) in [5, 5.41) is 5.66. The van der Waals surface area contributed by atoms with E-state index in [9.17, 15) is 9.59 Å². The highest BCUT2D eigenvalue weighted by molar-refractivity contribution is 5.80. The van der Waals surface area contributed by atoms with E-state index in [1.807, 2.05) is 13.8 Å². The number of rotatable bonds is 6. The van der Waals surface area contributed by atoms with Crippen molar-refractivity contribution in [2.45, 2.75) is 52.4 Å². The minimum Gasteiger partial charge on any atom is -0.356 e. The fourth-order valence-corrected chi connectivity index (χ4v) is 2.74. The van der Waals surface area contributed by atoms with Crippen LogP contribution in [0.2, 0.25) is 0 Å². The third kappa shape index (κ3) is 4.36. The van der Waals surface area contributed by atoms with Crippen LogP contribution in [0.3, 0.4) is 0 Å². The minimum atomic E-state index is -0.0848. The Labute approximate surface area is 104 Å². The first-order chi connectivity index (χ1) is 8.12. The summed E-state index contributed by atoms with van der Waals surface area (Å²) in [7, 11) is 0. The van der Waals surface area contributed by atoms with Gasteiger partial charge in [-0.05, 0) is 32.1 Å². The predicted octanol–water partition coefficient (Wildman–Crippen LogP) is 1.60. The Morgan fingerprint density at radius 1 is 0.941 bits per heavy atom. The van der Waals surface area contributed by atoms with Crippen LogP contribution in [0.15, 0.2) is 0 Å². The van der Waals surface area contributed by atoms with E-state index in [0.29, 0.717) is 25.9 Å². The molecule has 2 amide bonds. The molecule has 0 aromatic rings. The Morgan fingerprint density at radius 3 is 1.71 bits per heavy atom. The molecular formula is C13H24N2O2. The van der Waals surface area contributed by atoms with Crippen LogP contribution in [0.25, 0.3) is 0 Å². The fourth-order valence-electron chi connectivity index (χ4n) is 2.74. The summed E-state index contributed by atoms with van der Waals surface area (Å²) in [6, 6.07) is 0. The zero-order valence-corrected chi connectivity index (χ0v) is 11.0. The first kappa shape index (κ1) is 14.0. The minimum absolute atomic E-state index is 0.0821. The van der Waals surface area contributed by atoms with E-state index in [4.69, 9.17) is 0 Å². The molecule has 0 aromatic heterocycles. The number of hydrogen-bond acceptors (Lipinski definition) is 2. The molecule has 0 atom stereocenters. The topological polar surface area (TPSA) is 58.2 Å². The van der Waals surface area contributed by atoms with Gasteiger partial charge in [0.15, 0.2) is 0 Å². The molecule has 1 aliphatic rings. The molecule has 98 valence electrons. The van der Waals surface area contributed by atoms with E-state index >= 15 is 0 Å². The van der Waals surface area contributed by atoms with Crippen molar-refractivity contribution in [2.24, 2.45) is 5.41 Å². The monoisotopic (exact) mass is 240 g/mol. The van der Waals surface area contributed by atoms with Gasteiger partial charge in [-0.25, -0.2) is 0 Å². The summed E-state index contributed by atoms with van der Waals surface area (Å²) in [4.78, 5) is 23.4. The molecule has 0 unspecified atom stereocenters. The number of carbonyl (C=O) groups is 2. The molecular weight excluding hydrogens is 216 g/mol. The first-order valence-electron chi connectivity index (χ1n) is 6.65. The molecule has 0 aromatic carbocycles. The van der Waals surface area contributed by atoms with Crippen molar-refractivity contribution >= 4 is 11.8 Å². The number of amides is 2. The average molecular weight is 240 g/mol. The third-order valence-corrected chi connectivity index (χ3v) is 3.48. The Bertz CT molecular complexity index is 249. The second kappa shape index (κ2) is 6.62. The largest absolute Gasteiger partial charge is 0.356 e. The number of nitrogens with one attached hydrogen (secondary N) is 2. The van der Waals surface area contributed by atoms with Crippen LogP contribution in [0.4, 0.5) is 0 Å². The van der Waals surface area contributed by atoms with Crippen molar-refractivity contribution in [3.63, 3.8) is 0 Å². The normalized spacial score (nSPS) is 17.8. The number of hydrogen-bond donors (Lipinski definition) is 2. The maximum atomic E-state index is 11.7.